The minimum atomic E-state index is -0.866. The highest BCUT2D eigenvalue weighted by Gasteiger charge is 2.14. The molecule has 0 radical (unpaired) electrons. The Kier molecular flexibility index (Phi) is 2.46. The van der Waals surface area contributed by atoms with Crippen LogP contribution in [0.3, 0.4) is 0 Å². The number of hydrogen-bond acceptors (Lipinski definition) is 1. The van der Waals surface area contributed by atoms with Crippen LogP contribution in [-0.4, -0.2) is 15.6 Å². The van der Waals surface area contributed by atoms with Gasteiger partial charge in [0.2, 0.25) is 0 Å². The Morgan fingerprint density at radius 1 is 1.31 bits per heavy atom. The first-order chi connectivity index (χ1) is 7.54. The van der Waals surface area contributed by atoms with Crippen molar-refractivity contribution in [2.24, 2.45) is 0 Å². The molecule has 0 atom stereocenters. The molecular weight excluding hydrogens is 202 g/mol. The highest BCUT2D eigenvalue weighted by atomic mass is 16.4. The SMILES string of the molecule is CCn1c(C(=O)O)cc2cc(C)cc(C)c21. The van der Waals surface area contributed by atoms with E-state index >= 15 is 0 Å². The molecule has 1 heterocycles. The number of aryl methyl sites for hydroxylation is 3. The molecule has 2 aromatic rings. The lowest BCUT2D eigenvalue weighted by atomic mass is 10.1. The number of carboxylic acid groups (broad SMARTS) is 1. The van der Waals surface area contributed by atoms with E-state index in [4.69, 9.17) is 5.11 Å². The van der Waals surface area contributed by atoms with Crippen molar-refractivity contribution in [1.82, 2.24) is 4.57 Å². The third kappa shape index (κ3) is 1.48. The summed E-state index contributed by atoms with van der Waals surface area (Å²) < 4.78 is 1.85. The van der Waals surface area contributed by atoms with E-state index in [9.17, 15) is 4.79 Å². The summed E-state index contributed by atoms with van der Waals surface area (Å²) in [5.41, 5.74) is 3.69. The van der Waals surface area contributed by atoms with Gasteiger partial charge in [-0.2, -0.15) is 0 Å². The summed E-state index contributed by atoms with van der Waals surface area (Å²) in [6.45, 7) is 6.68. The maximum atomic E-state index is 11.1. The van der Waals surface area contributed by atoms with E-state index in [1.165, 1.54) is 0 Å². The van der Waals surface area contributed by atoms with Gasteiger partial charge in [0, 0.05) is 11.9 Å². The second-order valence-corrected chi connectivity index (χ2v) is 4.10. The maximum Gasteiger partial charge on any atom is 0.352 e. The van der Waals surface area contributed by atoms with Crippen molar-refractivity contribution in [2.75, 3.05) is 0 Å². The number of aromatic carboxylic acids is 1. The summed E-state index contributed by atoms with van der Waals surface area (Å²) >= 11 is 0. The van der Waals surface area contributed by atoms with Crippen molar-refractivity contribution in [3.8, 4) is 0 Å². The number of aromatic nitrogens is 1. The zero-order chi connectivity index (χ0) is 11.9. The molecule has 3 nitrogen and oxygen atoms in total. The average Bonchev–Trinajstić information content (AvgIpc) is 2.56. The van der Waals surface area contributed by atoms with Gasteiger partial charge in [0.05, 0.1) is 5.52 Å². The van der Waals surface area contributed by atoms with Crippen molar-refractivity contribution >= 4 is 16.9 Å². The van der Waals surface area contributed by atoms with Gasteiger partial charge in [-0.1, -0.05) is 11.6 Å². The van der Waals surface area contributed by atoms with Crippen LogP contribution in [0, 0.1) is 13.8 Å². The van der Waals surface area contributed by atoms with Gasteiger partial charge in [-0.25, -0.2) is 4.79 Å². The van der Waals surface area contributed by atoms with Crippen LogP contribution >= 0.6 is 0 Å². The highest BCUT2D eigenvalue weighted by molar-refractivity contribution is 5.96. The molecule has 1 aromatic heterocycles. The topological polar surface area (TPSA) is 42.2 Å². The average molecular weight is 217 g/mol. The summed E-state index contributed by atoms with van der Waals surface area (Å²) in [6, 6.07) is 5.86. The first-order valence-electron chi connectivity index (χ1n) is 5.38. The zero-order valence-corrected chi connectivity index (χ0v) is 9.74. The zero-order valence-electron chi connectivity index (χ0n) is 9.74. The van der Waals surface area contributed by atoms with Gasteiger partial charge in [0.25, 0.3) is 0 Å². The molecule has 1 aromatic carbocycles. The van der Waals surface area contributed by atoms with E-state index in [1.807, 2.05) is 31.4 Å². The number of benzene rings is 1. The van der Waals surface area contributed by atoms with Crippen molar-refractivity contribution in [2.45, 2.75) is 27.3 Å². The lowest BCUT2D eigenvalue weighted by Gasteiger charge is -2.07. The van der Waals surface area contributed by atoms with Crippen LogP contribution in [0.15, 0.2) is 18.2 Å². The molecule has 0 spiro atoms. The molecular formula is C13H15NO2. The molecule has 0 unspecified atom stereocenters. The molecule has 3 heteroatoms. The minimum Gasteiger partial charge on any atom is -0.477 e. The summed E-state index contributed by atoms with van der Waals surface area (Å²) in [7, 11) is 0. The van der Waals surface area contributed by atoms with E-state index in [0.29, 0.717) is 12.2 Å². The van der Waals surface area contributed by atoms with Crippen LogP contribution in [0.1, 0.15) is 28.5 Å². The Bertz CT molecular complexity index is 567. The minimum absolute atomic E-state index is 0.367. The first kappa shape index (κ1) is 10.7. The second kappa shape index (κ2) is 3.67. The molecule has 0 saturated heterocycles. The van der Waals surface area contributed by atoms with Crippen LogP contribution in [0.5, 0.6) is 0 Å². The fourth-order valence-corrected chi connectivity index (χ4v) is 2.32. The van der Waals surface area contributed by atoms with Crippen LogP contribution in [0.25, 0.3) is 10.9 Å². The number of carbonyl (C=O) groups is 1. The molecule has 0 bridgehead atoms. The van der Waals surface area contributed by atoms with E-state index in [-0.39, 0.29) is 0 Å². The quantitative estimate of drug-likeness (QED) is 0.840. The van der Waals surface area contributed by atoms with Crippen LogP contribution in [-0.2, 0) is 6.54 Å². The summed E-state index contributed by atoms with van der Waals surface area (Å²) in [6.07, 6.45) is 0. The van der Waals surface area contributed by atoms with Gasteiger partial charge in [-0.15, -0.1) is 0 Å². The molecule has 2 rings (SSSR count). The standard InChI is InChI=1S/C13H15NO2/c1-4-14-11(13(15)16)7-10-6-8(2)5-9(3)12(10)14/h5-7H,4H2,1-3H3,(H,15,16). The molecule has 16 heavy (non-hydrogen) atoms. The van der Waals surface area contributed by atoms with Crippen molar-refractivity contribution < 1.29 is 9.90 Å². The third-order valence-electron chi connectivity index (χ3n) is 2.86. The largest absolute Gasteiger partial charge is 0.477 e. The predicted molar refractivity (Wildman–Crippen MR) is 64.0 cm³/mol. The molecule has 0 saturated carbocycles. The van der Waals surface area contributed by atoms with Crippen LogP contribution in [0.2, 0.25) is 0 Å². The fraction of sp³-hybridized carbons (Fsp3) is 0.308. The maximum absolute atomic E-state index is 11.1. The van der Waals surface area contributed by atoms with Crippen molar-refractivity contribution in [3.63, 3.8) is 0 Å². The van der Waals surface area contributed by atoms with Gasteiger partial charge in [-0.05, 0) is 38.5 Å². The first-order valence-corrected chi connectivity index (χ1v) is 5.38. The van der Waals surface area contributed by atoms with Gasteiger partial charge in [0.15, 0.2) is 0 Å². The van der Waals surface area contributed by atoms with Gasteiger partial charge in [0.1, 0.15) is 5.69 Å². The van der Waals surface area contributed by atoms with E-state index in [0.717, 1.165) is 22.0 Å². The molecule has 0 aliphatic rings. The van der Waals surface area contributed by atoms with Crippen molar-refractivity contribution in [1.29, 1.82) is 0 Å². The predicted octanol–water partition coefficient (Wildman–Crippen LogP) is 2.98. The molecule has 1 N–H and O–H groups in total. The Balaban J connectivity index is 2.87. The van der Waals surface area contributed by atoms with Crippen molar-refractivity contribution in [3.05, 3.63) is 35.0 Å². The van der Waals surface area contributed by atoms with Gasteiger partial charge < -0.3 is 9.67 Å². The lowest BCUT2D eigenvalue weighted by Crippen LogP contribution is -2.07. The molecule has 0 amide bonds. The third-order valence-corrected chi connectivity index (χ3v) is 2.86. The normalized spacial score (nSPS) is 10.9. The second-order valence-electron chi connectivity index (χ2n) is 4.10. The smallest absolute Gasteiger partial charge is 0.352 e. The monoisotopic (exact) mass is 217 g/mol. The number of fused-ring (bicyclic) bond motifs is 1. The summed E-state index contributed by atoms with van der Waals surface area (Å²) in [5, 5.41) is 10.1. The number of rotatable bonds is 2. The van der Waals surface area contributed by atoms with E-state index in [1.54, 1.807) is 6.07 Å². The van der Waals surface area contributed by atoms with Gasteiger partial charge in [-0.3, -0.25) is 0 Å². The molecule has 0 fully saturated rings. The highest BCUT2D eigenvalue weighted by Crippen LogP contribution is 2.25. The fourth-order valence-electron chi connectivity index (χ4n) is 2.32. The Hall–Kier alpha value is -1.77. The van der Waals surface area contributed by atoms with E-state index < -0.39 is 5.97 Å². The molecule has 0 aliphatic carbocycles. The number of carboxylic acids is 1. The Morgan fingerprint density at radius 2 is 2.00 bits per heavy atom. The van der Waals surface area contributed by atoms with E-state index in [2.05, 4.69) is 6.07 Å². The Labute approximate surface area is 94.3 Å². The van der Waals surface area contributed by atoms with Crippen LogP contribution < -0.4 is 0 Å². The Morgan fingerprint density at radius 3 is 2.56 bits per heavy atom. The summed E-state index contributed by atoms with van der Waals surface area (Å²) in [5.74, 6) is -0.866. The lowest BCUT2D eigenvalue weighted by molar-refractivity contribution is 0.0686. The molecule has 0 aliphatic heterocycles. The number of hydrogen-bond donors (Lipinski definition) is 1. The molecule has 84 valence electrons. The van der Waals surface area contributed by atoms with Crippen LogP contribution in [0.4, 0.5) is 0 Å². The summed E-state index contributed by atoms with van der Waals surface area (Å²) in [4.78, 5) is 11.1. The van der Waals surface area contributed by atoms with Gasteiger partial charge >= 0.3 is 5.97 Å². The number of nitrogens with zero attached hydrogens (tertiary/aromatic N) is 1.